The van der Waals surface area contributed by atoms with E-state index in [4.69, 9.17) is 4.74 Å². The van der Waals surface area contributed by atoms with Gasteiger partial charge in [0.2, 0.25) is 0 Å². The van der Waals surface area contributed by atoms with E-state index in [2.05, 4.69) is 27.7 Å². The number of Topliss-reactive ketones (excluding diaryl/α,β-unsaturated/α-hetero) is 1. The lowest BCUT2D eigenvalue weighted by molar-refractivity contribution is -0.128. The van der Waals surface area contributed by atoms with Gasteiger partial charge in [0.15, 0.2) is 5.78 Å². The number of ketones is 1. The Kier molecular flexibility index (Phi) is 7.65. The van der Waals surface area contributed by atoms with E-state index >= 15 is 0 Å². The van der Waals surface area contributed by atoms with Crippen LogP contribution in [0.2, 0.25) is 0 Å². The van der Waals surface area contributed by atoms with Gasteiger partial charge in [0.1, 0.15) is 6.61 Å². The first-order valence-corrected chi connectivity index (χ1v) is 8.71. The molecule has 0 bridgehead atoms. The molecule has 0 amide bonds. The maximum atomic E-state index is 11.9. The highest BCUT2D eigenvalue weighted by atomic mass is 16.5. The molecule has 2 heteroatoms. The molecule has 0 aromatic heterocycles. The average molecular weight is 294 g/mol. The van der Waals surface area contributed by atoms with Crippen LogP contribution in [0, 0.1) is 17.8 Å². The zero-order chi connectivity index (χ0) is 16.0. The summed E-state index contributed by atoms with van der Waals surface area (Å²) >= 11 is 0. The zero-order valence-electron chi connectivity index (χ0n) is 14.9. The van der Waals surface area contributed by atoms with Crippen molar-refractivity contribution >= 4 is 5.78 Å². The van der Waals surface area contributed by atoms with Crippen molar-refractivity contribution in [2.45, 2.75) is 79.8 Å². The van der Waals surface area contributed by atoms with Gasteiger partial charge in [-0.3, -0.25) is 4.79 Å². The van der Waals surface area contributed by atoms with E-state index in [-0.39, 0.29) is 24.4 Å². The van der Waals surface area contributed by atoms with Crippen molar-refractivity contribution in [1.82, 2.24) is 0 Å². The van der Waals surface area contributed by atoms with Crippen molar-refractivity contribution in [3.63, 3.8) is 0 Å². The molecule has 1 atom stereocenters. The van der Waals surface area contributed by atoms with Gasteiger partial charge in [-0.25, -0.2) is 0 Å². The molecule has 2 nitrogen and oxygen atoms in total. The third-order valence-corrected chi connectivity index (χ3v) is 4.52. The number of allylic oxidation sites excluding steroid dienone is 1. The van der Waals surface area contributed by atoms with Crippen molar-refractivity contribution in [1.29, 1.82) is 0 Å². The number of rotatable bonds is 6. The average Bonchev–Trinajstić information content (AvgIpc) is 2.35. The Morgan fingerprint density at radius 3 is 2.24 bits per heavy atom. The molecular formula is C19H34O2. The van der Waals surface area contributed by atoms with Crippen LogP contribution >= 0.6 is 0 Å². The zero-order valence-corrected chi connectivity index (χ0v) is 14.9. The predicted octanol–water partition coefficient (Wildman–Crippen LogP) is 5.17. The molecular weight excluding hydrogens is 260 g/mol. The first-order valence-electron chi connectivity index (χ1n) is 8.71. The quantitative estimate of drug-likeness (QED) is 0.632. The van der Waals surface area contributed by atoms with Crippen LogP contribution < -0.4 is 0 Å². The monoisotopic (exact) mass is 294 g/mol. The topological polar surface area (TPSA) is 26.3 Å². The molecule has 1 rings (SSSR count). The summed E-state index contributed by atoms with van der Waals surface area (Å²) in [5, 5.41) is 0. The van der Waals surface area contributed by atoms with Crippen molar-refractivity contribution in [2.75, 3.05) is 6.61 Å². The molecule has 0 saturated heterocycles. The van der Waals surface area contributed by atoms with E-state index in [1.165, 1.54) is 31.3 Å². The molecule has 0 radical (unpaired) electrons. The molecule has 0 fully saturated rings. The fourth-order valence-corrected chi connectivity index (χ4v) is 3.22. The normalized spacial score (nSPS) is 24.5. The summed E-state index contributed by atoms with van der Waals surface area (Å²) in [4.78, 5) is 11.9. The van der Waals surface area contributed by atoms with Crippen molar-refractivity contribution in [3.8, 4) is 0 Å². The maximum absolute atomic E-state index is 11.9. The minimum Gasteiger partial charge on any atom is -0.366 e. The lowest BCUT2D eigenvalue weighted by Gasteiger charge is -2.31. The van der Waals surface area contributed by atoms with Gasteiger partial charge in [-0.05, 0) is 36.7 Å². The second-order valence-corrected chi connectivity index (χ2v) is 7.31. The number of ether oxygens (including phenoxy) is 1. The van der Waals surface area contributed by atoms with Crippen molar-refractivity contribution < 1.29 is 9.53 Å². The predicted molar refractivity (Wildman–Crippen MR) is 89.4 cm³/mol. The van der Waals surface area contributed by atoms with E-state index in [0.29, 0.717) is 11.8 Å². The Bertz CT molecular complexity index is 364. The highest BCUT2D eigenvalue weighted by Gasteiger charge is 2.25. The van der Waals surface area contributed by atoms with Crippen molar-refractivity contribution in [2.24, 2.45) is 17.8 Å². The molecule has 0 spiro atoms. The smallest absolute Gasteiger partial charge is 0.161 e. The van der Waals surface area contributed by atoms with Crippen LogP contribution in [0.15, 0.2) is 11.1 Å². The molecule has 1 aliphatic rings. The Balaban J connectivity index is 2.96. The Morgan fingerprint density at radius 1 is 1.05 bits per heavy atom. The van der Waals surface area contributed by atoms with Gasteiger partial charge in [0.05, 0.1) is 6.10 Å². The maximum Gasteiger partial charge on any atom is 0.161 e. The fourth-order valence-electron chi connectivity index (χ4n) is 3.22. The molecule has 0 N–H and O–H groups in total. The summed E-state index contributed by atoms with van der Waals surface area (Å²) in [7, 11) is 0. The van der Waals surface area contributed by atoms with Gasteiger partial charge in [0.25, 0.3) is 0 Å². The van der Waals surface area contributed by atoms with E-state index in [1.54, 1.807) is 5.57 Å². The summed E-state index contributed by atoms with van der Waals surface area (Å²) in [6.07, 6.45) is 6.19. The highest BCUT2D eigenvalue weighted by Crippen LogP contribution is 2.34. The summed E-state index contributed by atoms with van der Waals surface area (Å²) in [6.45, 7) is 13.3. The number of hydrogen-bond acceptors (Lipinski definition) is 2. The van der Waals surface area contributed by atoms with E-state index < -0.39 is 0 Å². The van der Waals surface area contributed by atoms with Crippen LogP contribution in [0.3, 0.4) is 0 Å². The van der Waals surface area contributed by atoms with E-state index in [0.717, 1.165) is 6.42 Å². The second-order valence-electron chi connectivity index (χ2n) is 7.31. The highest BCUT2D eigenvalue weighted by molar-refractivity contribution is 5.81. The van der Waals surface area contributed by atoms with Gasteiger partial charge >= 0.3 is 0 Å². The molecule has 122 valence electrons. The Labute approximate surface area is 131 Å². The minimum absolute atomic E-state index is 0.0644. The lowest BCUT2D eigenvalue weighted by Crippen LogP contribution is -2.27. The van der Waals surface area contributed by atoms with Crippen LogP contribution in [0.25, 0.3) is 0 Å². The second kappa shape index (κ2) is 8.73. The molecule has 1 aliphatic carbocycles. The number of carbonyl (C=O) groups excluding carboxylic acids is 1. The molecule has 0 aromatic rings. The van der Waals surface area contributed by atoms with Crippen LogP contribution in [0.1, 0.15) is 73.6 Å². The lowest BCUT2D eigenvalue weighted by atomic mass is 9.81. The van der Waals surface area contributed by atoms with Crippen LogP contribution in [0.5, 0.6) is 0 Å². The summed E-state index contributed by atoms with van der Waals surface area (Å²) < 4.78 is 6.09. The number of hydrogen-bond donors (Lipinski definition) is 0. The third kappa shape index (κ3) is 5.58. The largest absolute Gasteiger partial charge is 0.366 e. The van der Waals surface area contributed by atoms with Gasteiger partial charge in [-0.2, -0.15) is 0 Å². The number of carbonyl (C=O) groups is 1. The van der Waals surface area contributed by atoms with Crippen LogP contribution in [-0.2, 0) is 9.53 Å². The van der Waals surface area contributed by atoms with Gasteiger partial charge < -0.3 is 4.74 Å². The molecule has 0 saturated carbocycles. The van der Waals surface area contributed by atoms with Gasteiger partial charge in [-0.1, -0.05) is 60.0 Å². The fraction of sp³-hybridized carbons (Fsp3) is 0.842. The van der Waals surface area contributed by atoms with E-state index in [1.807, 2.05) is 13.8 Å². The third-order valence-electron chi connectivity index (χ3n) is 4.52. The Morgan fingerprint density at radius 2 is 1.71 bits per heavy atom. The standard InChI is InChI=1S/C19H34O2/c1-13(2)16-10-8-7-9-11-18(19(16)15(5)6)21-12-17(20)14(3)4/h13-15,18H,7-12H2,1-6H3/b19-16+. The molecule has 21 heavy (non-hydrogen) atoms. The first kappa shape index (κ1) is 18.4. The summed E-state index contributed by atoms with van der Waals surface area (Å²) in [6, 6.07) is 0. The summed E-state index contributed by atoms with van der Waals surface area (Å²) in [5.41, 5.74) is 3.05. The molecule has 0 heterocycles. The summed E-state index contributed by atoms with van der Waals surface area (Å²) in [5.74, 6) is 1.35. The van der Waals surface area contributed by atoms with Gasteiger partial charge in [-0.15, -0.1) is 0 Å². The van der Waals surface area contributed by atoms with Gasteiger partial charge in [0, 0.05) is 5.92 Å². The molecule has 0 aliphatic heterocycles. The van der Waals surface area contributed by atoms with Crippen LogP contribution in [-0.4, -0.2) is 18.5 Å². The van der Waals surface area contributed by atoms with E-state index in [9.17, 15) is 4.79 Å². The first-order chi connectivity index (χ1) is 9.84. The Hall–Kier alpha value is -0.630. The minimum atomic E-state index is 0.0644. The van der Waals surface area contributed by atoms with Crippen molar-refractivity contribution in [3.05, 3.63) is 11.1 Å². The molecule has 1 unspecified atom stereocenters. The molecule has 0 aromatic carbocycles. The SMILES string of the molecule is CC(C)C(=O)COC1CCCCC/C(C(C)C)=C\1C(C)C. The van der Waals surface area contributed by atoms with Crippen LogP contribution in [0.4, 0.5) is 0 Å².